The molecule has 1 heterocycles. The number of halogens is 3. The van der Waals surface area contributed by atoms with Gasteiger partial charge in [0.2, 0.25) is 0 Å². The Morgan fingerprint density at radius 3 is 2.65 bits per heavy atom. The highest BCUT2D eigenvalue weighted by Crippen LogP contribution is 2.23. The summed E-state index contributed by atoms with van der Waals surface area (Å²) in [7, 11) is 0. The molecule has 7 heteroatoms. The van der Waals surface area contributed by atoms with Crippen LogP contribution in [0.15, 0.2) is 32.3 Å². The molecule has 1 N–H and O–H groups in total. The maximum atomic E-state index is 12.4. The van der Waals surface area contributed by atoms with E-state index in [1.54, 1.807) is 18.2 Å². The number of benzene rings is 1. The van der Waals surface area contributed by atoms with Crippen LogP contribution < -0.4 is 11.2 Å². The maximum Gasteiger partial charge on any atom is 0.334 e. The van der Waals surface area contributed by atoms with Crippen molar-refractivity contribution in [2.24, 2.45) is 0 Å². The van der Waals surface area contributed by atoms with Gasteiger partial charge in [-0.25, -0.2) is 9.36 Å². The molecular weight excluding hydrogens is 367 g/mol. The monoisotopic (exact) mass is 376 g/mol. The van der Waals surface area contributed by atoms with Gasteiger partial charge in [0.15, 0.2) is 0 Å². The first-order valence-electron chi connectivity index (χ1n) is 5.94. The van der Waals surface area contributed by atoms with Gasteiger partial charge in [0, 0.05) is 4.47 Å². The van der Waals surface area contributed by atoms with Crippen molar-refractivity contribution in [3.05, 3.63) is 59.2 Å². The fourth-order valence-corrected chi connectivity index (χ4v) is 2.70. The second kappa shape index (κ2) is 6.16. The topological polar surface area (TPSA) is 54.9 Å². The Hall–Kier alpha value is -1.04. The third-order valence-electron chi connectivity index (χ3n) is 2.80. The molecule has 0 amide bonds. The Balaban J connectivity index is 2.81. The Morgan fingerprint density at radius 1 is 1.30 bits per heavy atom. The summed E-state index contributed by atoms with van der Waals surface area (Å²) in [5, 5.41) is 0.398. The zero-order valence-electron chi connectivity index (χ0n) is 10.5. The highest BCUT2D eigenvalue weighted by Gasteiger charge is 2.15. The zero-order valence-corrected chi connectivity index (χ0v) is 13.6. The number of H-pyrrole nitrogens is 1. The van der Waals surface area contributed by atoms with Crippen LogP contribution >= 0.6 is 39.1 Å². The molecule has 0 spiro atoms. The highest BCUT2D eigenvalue weighted by atomic mass is 79.9. The Morgan fingerprint density at radius 2 is 2.00 bits per heavy atom. The fraction of sp³-hybridized carbons (Fsp3) is 0.231. The number of hydrogen-bond acceptors (Lipinski definition) is 2. The van der Waals surface area contributed by atoms with Gasteiger partial charge in [-0.15, -0.1) is 0 Å². The van der Waals surface area contributed by atoms with Crippen LogP contribution in [0, 0.1) is 0 Å². The van der Waals surface area contributed by atoms with Gasteiger partial charge in [0.25, 0.3) is 5.56 Å². The van der Waals surface area contributed by atoms with Crippen molar-refractivity contribution in [3.8, 4) is 5.69 Å². The normalized spacial score (nSPS) is 10.8. The highest BCUT2D eigenvalue weighted by molar-refractivity contribution is 9.10. The van der Waals surface area contributed by atoms with E-state index >= 15 is 0 Å². The lowest BCUT2D eigenvalue weighted by atomic mass is 10.2. The Kier molecular flexibility index (Phi) is 4.73. The van der Waals surface area contributed by atoms with E-state index in [4.69, 9.17) is 23.2 Å². The van der Waals surface area contributed by atoms with Crippen LogP contribution in [0.2, 0.25) is 10.2 Å². The average Bonchev–Trinajstić information content (AvgIpc) is 2.38. The molecular formula is C13H11BrCl2N2O2. The lowest BCUT2D eigenvalue weighted by Crippen LogP contribution is -2.36. The molecule has 4 nitrogen and oxygen atoms in total. The van der Waals surface area contributed by atoms with E-state index in [1.165, 1.54) is 0 Å². The summed E-state index contributed by atoms with van der Waals surface area (Å²) >= 11 is 15.3. The Labute approximate surface area is 133 Å². The molecule has 0 aliphatic rings. The Bertz CT molecular complexity index is 768. The van der Waals surface area contributed by atoms with Gasteiger partial charge in [-0.05, 0) is 24.6 Å². The number of nitrogens with one attached hydrogen (secondary N) is 1. The second-order valence-electron chi connectivity index (χ2n) is 4.21. The fourth-order valence-electron chi connectivity index (χ4n) is 1.89. The molecule has 2 aromatic rings. The average molecular weight is 378 g/mol. The molecule has 0 aliphatic carbocycles. The number of rotatable bonds is 3. The van der Waals surface area contributed by atoms with Crippen molar-refractivity contribution >= 4 is 39.1 Å². The van der Waals surface area contributed by atoms with Crippen LogP contribution in [0.1, 0.15) is 18.9 Å². The van der Waals surface area contributed by atoms with Crippen molar-refractivity contribution in [1.29, 1.82) is 0 Å². The minimum atomic E-state index is -0.611. The largest absolute Gasteiger partial charge is 0.334 e. The third kappa shape index (κ3) is 2.85. The minimum Gasteiger partial charge on any atom is -0.297 e. The summed E-state index contributed by atoms with van der Waals surface area (Å²) in [6, 6.07) is 4.96. The molecule has 2 rings (SSSR count). The predicted molar refractivity (Wildman–Crippen MR) is 84.4 cm³/mol. The third-order valence-corrected chi connectivity index (χ3v) is 3.93. The summed E-state index contributed by atoms with van der Waals surface area (Å²) in [5.41, 5.74) is -0.355. The maximum absolute atomic E-state index is 12.4. The molecule has 1 aromatic carbocycles. The molecule has 0 aliphatic heterocycles. The van der Waals surface area contributed by atoms with Gasteiger partial charge in [-0.1, -0.05) is 52.5 Å². The smallest absolute Gasteiger partial charge is 0.297 e. The quantitative estimate of drug-likeness (QED) is 0.831. The standard InChI is InChI=1S/C13H11BrCl2N2O2/c1-2-3-8-11(16)17-13(20)18(12(8)19)10-6-7(14)4-5-9(10)15/h4-6H,2-3H2,1H3,(H,17,20). The van der Waals surface area contributed by atoms with Crippen molar-refractivity contribution in [2.45, 2.75) is 19.8 Å². The molecule has 1 aromatic heterocycles. The van der Waals surface area contributed by atoms with Crippen LogP contribution in [-0.4, -0.2) is 9.55 Å². The first-order valence-corrected chi connectivity index (χ1v) is 7.49. The SMILES string of the molecule is CCCc1c(Cl)[nH]c(=O)n(-c2cc(Br)ccc2Cl)c1=O. The van der Waals surface area contributed by atoms with Gasteiger partial charge in [-0.2, -0.15) is 0 Å². The van der Waals surface area contributed by atoms with Crippen molar-refractivity contribution in [1.82, 2.24) is 9.55 Å². The zero-order chi connectivity index (χ0) is 14.9. The van der Waals surface area contributed by atoms with Gasteiger partial charge in [0.1, 0.15) is 5.15 Å². The molecule has 0 fully saturated rings. The minimum absolute atomic E-state index is 0.0872. The van der Waals surface area contributed by atoms with Crippen molar-refractivity contribution < 1.29 is 0 Å². The molecule has 0 bridgehead atoms. The number of hydrogen-bond donors (Lipinski definition) is 1. The van der Waals surface area contributed by atoms with Gasteiger partial charge >= 0.3 is 5.69 Å². The van der Waals surface area contributed by atoms with E-state index in [-0.39, 0.29) is 5.15 Å². The van der Waals surface area contributed by atoms with Crippen LogP contribution in [0.3, 0.4) is 0 Å². The van der Waals surface area contributed by atoms with Crippen molar-refractivity contribution in [2.75, 3.05) is 0 Å². The van der Waals surface area contributed by atoms with Crippen LogP contribution in [0.4, 0.5) is 0 Å². The summed E-state index contributed by atoms with van der Waals surface area (Å²) in [5.74, 6) is 0. The predicted octanol–water partition coefficient (Wildman–Crippen LogP) is 3.55. The van der Waals surface area contributed by atoms with Gasteiger partial charge in [0.05, 0.1) is 16.3 Å². The van der Waals surface area contributed by atoms with Crippen molar-refractivity contribution in [3.63, 3.8) is 0 Å². The summed E-state index contributed by atoms with van der Waals surface area (Å²) in [6.45, 7) is 1.93. The molecule has 20 heavy (non-hydrogen) atoms. The van der Waals surface area contributed by atoms with Gasteiger partial charge in [-0.3, -0.25) is 9.78 Å². The molecule has 0 saturated carbocycles. The first-order chi connectivity index (χ1) is 9.45. The van der Waals surface area contributed by atoms with E-state index in [2.05, 4.69) is 20.9 Å². The molecule has 0 radical (unpaired) electrons. The summed E-state index contributed by atoms with van der Waals surface area (Å²) in [4.78, 5) is 27.0. The molecule has 0 saturated heterocycles. The lowest BCUT2D eigenvalue weighted by molar-refractivity contribution is 0.811. The van der Waals surface area contributed by atoms with Crippen LogP contribution in [0.5, 0.6) is 0 Å². The lowest BCUT2D eigenvalue weighted by Gasteiger charge is -2.10. The van der Waals surface area contributed by atoms with E-state index in [0.29, 0.717) is 22.7 Å². The number of aromatic nitrogens is 2. The van der Waals surface area contributed by atoms with Gasteiger partial charge < -0.3 is 0 Å². The van der Waals surface area contributed by atoms with E-state index < -0.39 is 11.2 Å². The summed E-state index contributed by atoms with van der Waals surface area (Å²) < 4.78 is 1.72. The number of aromatic amines is 1. The first kappa shape index (κ1) is 15.4. The van der Waals surface area contributed by atoms with Crippen LogP contribution in [0.25, 0.3) is 5.69 Å². The van der Waals surface area contributed by atoms with E-state index in [9.17, 15) is 9.59 Å². The van der Waals surface area contributed by atoms with Crippen LogP contribution in [-0.2, 0) is 6.42 Å². The van der Waals surface area contributed by atoms with E-state index in [0.717, 1.165) is 15.5 Å². The summed E-state index contributed by atoms with van der Waals surface area (Å²) in [6.07, 6.45) is 1.23. The number of nitrogens with zero attached hydrogens (tertiary/aromatic N) is 1. The van der Waals surface area contributed by atoms with E-state index in [1.807, 2.05) is 6.92 Å². The second-order valence-corrected chi connectivity index (χ2v) is 5.91. The molecule has 106 valence electrons. The molecule has 0 unspecified atom stereocenters. The molecule has 0 atom stereocenters.